The van der Waals surface area contributed by atoms with E-state index in [1.165, 1.54) is 19.1 Å². The fourth-order valence-corrected chi connectivity index (χ4v) is 2.81. The Morgan fingerprint density at radius 2 is 2.04 bits per heavy atom. The lowest BCUT2D eigenvalue weighted by molar-refractivity contribution is -0.143. The number of benzene rings is 1. The van der Waals surface area contributed by atoms with Crippen LogP contribution in [0.2, 0.25) is 0 Å². The molecule has 10 heteroatoms. The Bertz CT molecular complexity index is 727. The molecule has 1 aromatic rings. The Morgan fingerprint density at radius 3 is 2.59 bits per heavy atom. The lowest BCUT2D eigenvalue weighted by atomic mass is 10.1. The largest absolute Gasteiger partial charge is 0.497 e. The second kappa shape index (κ2) is 8.65. The molecule has 0 bridgehead atoms. The number of anilines is 1. The summed E-state index contributed by atoms with van der Waals surface area (Å²) in [6, 6.07) is 3.10. The number of carboxylic acid groups (broad SMARTS) is 1. The predicted octanol–water partition coefficient (Wildman–Crippen LogP) is 1.28. The third-order valence-corrected chi connectivity index (χ3v) is 4.20. The van der Waals surface area contributed by atoms with Crippen LogP contribution < -0.4 is 19.7 Å². The zero-order chi connectivity index (χ0) is 20.1. The number of halogens is 2. The Kier molecular flexibility index (Phi) is 6.54. The molecule has 1 saturated heterocycles. The van der Waals surface area contributed by atoms with E-state index >= 15 is 0 Å². The van der Waals surface area contributed by atoms with E-state index in [1.807, 2.05) is 0 Å². The van der Waals surface area contributed by atoms with Gasteiger partial charge in [-0.1, -0.05) is 0 Å². The van der Waals surface area contributed by atoms with Crippen molar-refractivity contribution in [3.05, 3.63) is 18.2 Å². The second-order valence-corrected chi connectivity index (χ2v) is 5.97. The van der Waals surface area contributed by atoms with Gasteiger partial charge in [0.2, 0.25) is 18.2 Å². The van der Waals surface area contributed by atoms with E-state index in [0.29, 0.717) is 17.2 Å². The lowest BCUT2D eigenvalue weighted by Crippen LogP contribution is -2.45. The minimum Gasteiger partial charge on any atom is -0.497 e. The highest BCUT2D eigenvalue weighted by molar-refractivity contribution is 6.01. The summed E-state index contributed by atoms with van der Waals surface area (Å²) in [7, 11) is 2.90. The van der Waals surface area contributed by atoms with Crippen LogP contribution in [-0.2, 0) is 14.4 Å². The van der Waals surface area contributed by atoms with Crippen molar-refractivity contribution < 1.29 is 37.7 Å². The van der Waals surface area contributed by atoms with Gasteiger partial charge in [-0.05, 0) is 12.1 Å². The van der Waals surface area contributed by atoms with E-state index in [2.05, 4.69) is 5.32 Å². The number of aliphatic carboxylic acids is 1. The number of amides is 2. The van der Waals surface area contributed by atoms with Crippen molar-refractivity contribution in [1.29, 1.82) is 0 Å². The maximum absolute atomic E-state index is 12.5. The number of alkyl halides is 2. The van der Waals surface area contributed by atoms with Gasteiger partial charge in [-0.2, -0.15) is 0 Å². The molecule has 2 unspecified atom stereocenters. The van der Waals surface area contributed by atoms with E-state index in [-0.39, 0.29) is 18.9 Å². The topological polar surface area (TPSA) is 105 Å². The van der Waals surface area contributed by atoms with Crippen LogP contribution >= 0.6 is 0 Å². The summed E-state index contributed by atoms with van der Waals surface area (Å²) >= 11 is 0. The van der Waals surface area contributed by atoms with E-state index in [0.717, 1.165) is 0 Å². The molecule has 1 aliphatic heterocycles. The minimum absolute atomic E-state index is 0.0195. The van der Waals surface area contributed by atoms with Gasteiger partial charge in [-0.25, -0.2) is 13.6 Å². The molecule has 27 heavy (non-hydrogen) atoms. The first-order valence-electron chi connectivity index (χ1n) is 8.10. The smallest absolute Gasteiger partial charge is 0.326 e. The van der Waals surface area contributed by atoms with Gasteiger partial charge < -0.3 is 24.8 Å². The Balaban J connectivity index is 2.12. The van der Waals surface area contributed by atoms with Crippen molar-refractivity contribution in [1.82, 2.24) is 5.32 Å². The van der Waals surface area contributed by atoms with Crippen LogP contribution in [0.5, 0.6) is 11.5 Å². The number of hydrogen-bond acceptors (Lipinski definition) is 5. The van der Waals surface area contributed by atoms with Crippen LogP contribution in [0, 0.1) is 5.92 Å². The van der Waals surface area contributed by atoms with Gasteiger partial charge in [-0.15, -0.1) is 0 Å². The van der Waals surface area contributed by atoms with E-state index in [9.17, 15) is 23.2 Å². The number of carboxylic acids is 1. The molecule has 1 fully saturated rings. The predicted molar refractivity (Wildman–Crippen MR) is 90.2 cm³/mol. The van der Waals surface area contributed by atoms with Gasteiger partial charge in [0.1, 0.15) is 17.5 Å². The van der Waals surface area contributed by atoms with Gasteiger partial charge in [0.15, 0.2) is 0 Å². The number of ether oxygens (including phenoxy) is 2. The monoisotopic (exact) mass is 386 g/mol. The van der Waals surface area contributed by atoms with Gasteiger partial charge in [0, 0.05) is 25.5 Å². The van der Waals surface area contributed by atoms with Crippen molar-refractivity contribution >= 4 is 23.5 Å². The number of hydrogen-bond donors (Lipinski definition) is 2. The Hall–Kier alpha value is -2.91. The highest BCUT2D eigenvalue weighted by atomic mass is 19.3. The van der Waals surface area contributed by atoms with Crippen LogP contribution in [-0.4, -0.2) is 56.1 Å². The van der Waals surface area contributed by atoms with Gasteiger partial charge >= 0.3 is 5.97 Å². The van der Waals surface area contributed by atoms with Crippen molar-refractivity contribution in [3.63, 3.8) is 0 Å². The second-order valence-electron chi connectivity index (χ2n) is 5.97. The normalized spacial score (nSPS) is 17.7. The maximum atomic E-state index is 12.5. The molecule has 0 saturated carbocycles. The molecule has 0 aromatic heterocycles. The summed E-state index contributed by atoms with van der Waals surface area (Å²) in [5, 5.41) is 11.0. The van der Waals surface area contributed by atoms with E-state index in [1.54, 1.807) is 18.2 Å². The SMILES string of the molecule is COc1ccc(N2CC(C(=O)NC(CC(F)F)C(=O)O)CC2=O)c(OC)c1. The first-order valence-corrected chi connectivity index (χ1v) is 8.10. The summed E-state index contributed by atoms with van der Waals surface area (Å²) in [6.07, 6.45) is -4.04. The average molecular weight is 386 g/mol. The first-order chi connectivity index (χ1) is 12.8. The molecular formula is C17H20F2N2O6. The molecule has 1 heterocycles. The van der Waals surface area contributed by atoms with Crippen molar-refractivity contribution in [2.24, 2.45) is 5.92 Å². The standard InChI is InChI=1S/C17H20F2N2O6/c1-26-10-3-4-12(13(6-10)27-2)21-8-9(5-15(21)22)16(23)20-11(17(24)25)7-14(18)19/h3-4,6,9,11,14H,5,7-8H2,1-2H3,(H,20,23)(H,24,25). The summed E-state index contributed by atoms with van der Waals surface area (Å²) in [4.78, 5) is 37.0. The highest BCUT2D eigenvalue weighted by Crippen LogP contribution is 2.35. The van der Waals surface area contributed by atoms with Crippen molar-refractivity contribution in [2.45, 2.75) is 25.3 Å². The van der Waals surface area contributed by atoms with Crippen LogP contribution in [0.4, 0.5) is 14.5 Å². The molecule has 2 rings (SSSR count). The van der Waals surface area contributed by atoms with Crippen LogP contribution in [0.25, 0.3) is 0 Å². The molecule has 0 aliphatic carbocycles. The summed E-state index contributed by atoms with van der Waals surface area (Å²) in [6.45, 7) is -0.0195. The quantitative estimate of drug-likeness (QED) is 0.697. The Morgan fingerprint density at radius 1 is 1.33 bits per heavy atom. The maximum Gasteiger partial charge on any atom is 0.326 e. The molecule has 0 radical (unpaired) electrons. The number of nitrogens with one attached hydrogen (secondary N) is 1. The van der Waals surface area contributed by atoms with Gasteiger partial charge in [-0.3, -0.25) is 9.59 Å². The zero-order valence-electron chi connectivity index (χ0n) is 14.8. The number of nitrogens with zero attached hydrogens (tertiary/aromatic N) is 1. The van der Waals surface area contributed by atoms with Crippen LogP contribution in [0.15, 0.2) is 18.2 Å². The van der Waals surface area contributed by atoms with Gasteiger partial charge in [0.05, 0.1) is 25.8 Å². The molecule has 2 amide bonds. The number of rotatable bonds is 8. The first kappa shape index (κ1) is 20.4. The third kappa shape index (κ3) is 4.83. The Labute approximate surface area is 154 Å². The van der Waals surface area contributed by atoms with Crippen molar-refractivity contribution in [2.75, 3.05) is 25.7 Å². The van der Waals surface area contributed by atoms with Crippen molar-refractivity contribution in [3.8, 4) is 11.5 Å². The molecule has 1 aromatic carbocycles. The summed E-state index contributed by atoms with van der Waals surface area (Å²) < 4.78 is 35.3. The average Bonchev–Trinajstić information content (AvgIpc) is 3.01. The molecule has 2 atom stereocenters. The molecule has 0 spiro atoms. The van der Waals surface area contributed by atoms with Gasteiger partial charge in [0.25, 0.3) is 0 Å². The molecule has 148 valence electrons. The summed E-state index contributed by atoms with van der Waals surface area (Å²) in [5.41, 5.74) is 0.431. The fourth-order valence-electron chi connectivity index (χ4n) is 2.81. The summed E-state index contributed by atoms with van der Waals surface area (Å²) in [5.74, 6) is -2.64. The lowest BCUT2D eigenvalue weighted by Gasteiger charge is -2.20. The van der Waals surface area contributed by atoms with E-state index < -0.39 is 36.7 Å². The number of methoxy groups -OCH3 is 2. The highest BCUT2D eigenvalue weighted by Gasteiger charge is 2.38. The molecular weight excluding hydrogens is 366 g/mol. The molecule has 8 nitrogen and oxygen atoms in total. The third-order valence-electron chi connectivity index (χ3n) is 4.20. The fraction of sp³-hybridized carbons (Fsp3) is 0.471. The van der Waals surface area contributed by atoms with E-state index in [4.69, 9.17) is 14.6 Å². The molecule has 2 N–H and O–H groups in total. The van der Waals surface area contributed by atoms with Crippen LogP contribution in [0.3, 0.4) is 0 Å². The zero-order valence-corrected chi connectivity index (χ0v) is 14.8. The number of carbonyl (C=O) groups is 3. The number of carbonyl (C=O) groups excluding carboxylic acids is 2. The minimum atomic E-state index is -2.88. The van der Waals surface area contributed by atoms with Crippen LogP contribution in [0.1, 0.15) is 12.8 Å². The molecule has 1 aliphatic rings.